The highest BCUT2D eigenvalue weighted by Crippen LogP contribution is 2.37. The lowest BCUT2D eigenvalue weighted by molar-refractivity contribution is -0.153. The summed E-state index contributed by atoms with van der Waals surface area (Å²) in [5.41, 5.74) is 2.31. The van der Waals surface area contributed by atoms with Gasteiger partial charge < -0.3 is 18.9 Å². The van der Waals surface area contributed by atoms with Crippen LogP contribution in [0.4, 0.5) is 0 Å². The van der Waals surface area contributed by atoms with E-state index >= 15 is 0 Å². The second-order valence-corrected chi connectivity index (χ2v) is 9.81. The van der Waals surface area contributed by atoms with Gasteiger partial charge in [-0.05, 0) is 63.7 Å². The SMILES string of the molecule is C1=CC2(CCC1)O[C@@H](COCc1ccc3ccccc3c1)[C@H](COCc1ccc3ccccc3c1)O2. The van der Waals surface area contributed by atoms with Crippen molar-refractivity contribution in [3.05, 3.63) is 108 Å². The van der Waals surface area contributed by atoms with Crippen molar-refractivity contribution in [3.8, 4) is 0 Å². The number of hydrogen-bond donors (Lipinski definition) is 0. The molecule has 184 valence electrons. The molecule has 4 heteroatoms. The number of benzene rings is 4. The Morgan fingerprint density at radius 3 is 1.69 bits per heavy atom. The monoisotopic (exact) mass is 480 g/mol. The molecule has 2 aliphatic rings. The zero-order valence-corrected chi connectivity index (χ0v) is 20.5. The van der Waals surface area contributed by atoms with E-state index in [2.05, 4.69) is 97.1 Å². The Bertz CT molecular complexity index is 1270. The van der Waals surface area contributed by atoms with E-state index in [0.29, 0.717) is 26.4 Å². The predicted molar refractivity (Wildman–Crippen MR) is 143 cm³/mol. The number of rotatable bonds is 8. The Balaban J connectivity index is 1.08. The topological polar surface area (TPSA) is 36.9 Å². The average molecular weight is 481 g/mol. The van der Waals surface area contributed by atoms with E-state index in [1.54, 1.807) is 0 Å². The molecule has 1 fully saturated rings. The van der Waals surface area contributed by atoms with Crippen LogP contribution in [0.5, 0.6) is 0 Å². The Hall–Kier alpha value is -3.02. The Morgan fingerprint density at radius 2 is 1.19 bits per heavy atom. The first-order chi connectivity index (χ1) is 17.8. The van der Waals surface area contributed by atoms with Crippen LogP contribution in [0.15, 0.2) is 97.1 Å². The van der Waals surface area contributed by atoms with Gasteiger partial charge >= 0.3 is 0 Å². The molecule has 1 spiro atoms. The standard InChI is InChI=1S/C32H32O4/c1-6-16-32(17-7-1)35-30(22-33-20-24-12-14-26-8-2-4-10-28(26)18-24)31(36-32)23-34-21-25-13-15-27-9-3-5-11-29(27)19-25/h2-6,8-16,18-19,30-31H,1,7,17,20-23H2/t30-,31-/m0/s1. The second-order valence-electron chi connectivity index (χ2n) is 9.81. The quantitative estimate of drug-likeness (QED) is 0.256. The molecular weight excluding hydrogens is 448 g/mol. The number of fused-ring (bicyclic) bond motifs is 2. The van der Waals surface area contributed by atoms with Gasteiger partial charge in [0.15, 0.2) is 5.79 Å². The third kappa shape index (κ3) is 5.23. The molecule has 4 nitrogen and oxygen atoms in total. The number of allylic oxidation sites excluding steroid dienone is 1. The first kappa shape index (κ1) is 23.4. The zero-order chi connectivity index (χ0) is 24.2. The van der Waals surface area contributed by atoms with Crippen molar-refractivity contribution in [2.24, 2.45) is 0 Å². The molecule has 4 aromatic carbocycles. The Kier molecular flexibility index (Phi) is 6.84. The third-order valence-electron chi connectivity index (χ3n) is 7.11. The molecule has 0 aromatic heterocycles. The molecule has 1 aliphatic heterocycles. The Labute approximate surface area is 212 Å². The summed E-state index contributed by atoms with van der Waals surface area (Å²) in [5.74, 6) is -0.647. The first-order valence-electron chi connectivity index (χ1n) is 12.9. The molecule has 0 bridgehead atoms. The van der Waals surface area contributed by atoms with E-state index in [9.17, 15) is 0 Å². The maximum atomic E-state index is 6.46. The van der Waals surface area contributed by atoms with Crippen molar-refractivity contribution in [1.29, 1.82) is 0 Å². The van der Waals surface area contributed by atoms with E-state index in [0.717, 1.165) is 30.4 Å². The average Bonchev–Trinajstić information content (AvgIpc) is 3.25. The molecule has 36 heavy (non-hydrogen) atoms. The van der Waals surface area contributed by atoms with Crippen LogP contribution in [0.25, 0.3) is 21.5 Å². The Morgan fingerprint density at radius 1 is 0.667 bits per heavy atom. The van der Waals surface area contributed by atoms with E-state index in [-0.39, 0.29) is 12.2 Å². The second kappa shape index (κ2) is 10.5. The number of hydrogen-bond acceptors (Lipinski definition) is 4. The van der Waals surface area contributed by atoms with Crippen molar-refractivity contribution in [3.63, 3.8) is 0 Å². The largest absolute Gasteiger partial charge is 0.374 e. The summed E-state index contributed by atoms with van der Waals surface area (Å²) < 4.78 is 25.2. The molecule has 6 rings (SSSR count). The lowest BCUT2D eigenvalue weighted by atomic mass is 10.0. The van der Waals surface area contributed by atoms with Gasteiger partial charge in [-0.1, -0.05) is 78.9 Å². The van der Waals surface area contributed by atoms with Crippen molar-refractivity contribution < 1.29 is 18.9 Å². The molecule has 0 amide bonds. The van der Waals surface area contributed by atoms with Crippen LogP contribution in [0.3, 0.4) is 0 Å². The fraction of sp³-hybridized carbons (Fsp3) is 0.312. The molecule has 0 N–H and O–H groups in total. The third-order valence-corrected chi connectivity index (χ3v) is 7.11. The molecule has 0 saturated carbocycles. The maximum absolute atomic E-state index is 6.46. The molecule has 1 saturated heterocycles. The van der Waals surface area contributed by atoms with Gasteiger partial charge in [-0.15, -0.1) is 0 Å². The lowest BCUT2D eigenvalue weighted by Gasteiger charge is -2.27. The van der Waals surface area contributed by atoms with Gasteiger partial charge in [0, 0.05) is 6.42 Å². The molecule has 0 radical (unpaired) electrons. The highest BCUT2D eigenvalue weighted by Gasteiger charge is 2.46. The van der Waals surface area contributed by atoms with Crippen LogP contribution < -0.4 is 0 Å². The minimum atomic E-state index is -0.647. The van der Waals surface area contributed by atoms with Gasteiger partial charge in [0.1, 0.15) is 12.2 Å². The van der Waals surface area contributed by atoms with E-state index < -0.39 is 5.79 Å². The summed E-state index contributed by atoms with van der Waals surface area (Å²) in [4.78, 5) is 0. The van der Waals surface area contributed by atoms with Crippen LogP contribution in [0, 0.1) is 0 Å². The van der Waals surface area contributed by atoms with Crippen LogP contribution in [-0.4, -0.2) is 31.2 Å². The summed E-state index contributed by atoms with van der Waals surface area (Å²) in [7, 11) is 0. The van der Waals surface area contributed by atoms with Crippen molar-refractivity contribution >= 4 is 21.5 Å². The summed E-state index contributed by atoms with van der Waals surface area (Å²) in [5, 5.41) is 4.93. The molecular formula is C32H32O4. The molecule has 4 aromatic rings. The highest BCUT2D eigenvalue weighted by atomic mass is 16.8. The van der Waals surface area contributed by atoms with E-state index in [4.69, 9.17) is 18.9 Å². The summed E-state index contributed by atoms with van der Waals surface area (Å²) in [6.45, 7) is 2.01. The maximum Gasteiger partial charge on any atom is 0.188 e. The van der Waals surface area contributed by atoms with Gasteiger partial charge in [0.25, 0.3) is 0 Å². The van der Waals surface area contributed by atoms with E-state index in [1.807, 2.05) is 0 Å². The van der Waals surface area contributed by atoms with Crippen LogP contribution >= 0.6 is 0 Å². The van der Waals surface area contributed by atoms with Crippen molar-refractivity contribution in [1.82, 2.24) is 0 Å². The van der Waals surface area contributed by atoms with Gasteiger partial charge in [-0.3, -0.25) is 0 Å². The minimum absolute atomic E-state index is 0.176. The summed E-state index contributed by atoms with van der Waals surface area (Å²) >= 11 is 0. The van der Waals surface area contributed by atoms with Crippen molar-refractivity contribution in [2.45, 2.75) is 50.5 Å². The minimum Gasteiger partial charge on any atom is -0.374 e. The smallest absolute Gasteiger partial charge is 0.188 e. The van der Waals surface area contributed by atoms with Crippen LogP contribution in [0.1, 0.15) is 30.4 Å². The summed E-state index contributed by atoms with van der Waals surface area (Å²) in [6.07, 6.45) is 6.89. The lowest BCUT2D eigenvalue weighted by Crippen LogP contribution is -2.31. The summed E-state index contributed by atoms with van der Waals surface area (Å²) in [6, 6.07) is 29.7. The molecule has 1 heterocycles. The van der Waals surface area contributed by atoms with Gasteiger partial charge in [-0.25, -0.2) is 0 Å². The fourth-order valence-electron chi connectivity index (χ4n) is 5.23. The van der Waals surface area contributed by atoms with E-state index in [1.165, 1.54) is 21.5 Å². The fourth-order valence-corrected chi connectivity index (χ4v) is 5.23. The molecule has 0 unspecified atom stereocenters. The van der Waals surface area contributed by atoms with Crippen molar-refractivity contribution in [2.75, 3.05) is 13.2 Å². The normalized spacial score (nSPS) is 21.0. The number of ether oxygens (including phenoxy) is 4. The first-order valence-corrected chi connectivity index (χ1v) is 12.9. The predicted octanol–water partition coefficient (Wildman–Crippen LogP) is 6.95. The van der Waals surface area contributed by atoms with Gasteiger partial charge in [0.2, 0.25) is 0 Å². The van der Waals surface area contributed by atoms with Gasteiger partial charge in [-0.2, -0.15) is 0 Å². The zero-order valence-electron chi connectivity index (χ0n) is 20.5. The molecule has 2 atom stereocenters. The molecule has 1 aliphatic carbocycles. The van der Waals surface area contributed by atoms with Crippen LogP contribution in [-0.2, 0) is 32.2 Å². The van der Waals surface area contributed by atoms with Crippen LogP contribution in [0.2, 0.25) is 0 Å². The van der Waals surface area contributed by atoms with Gasteiger partial charge in [0.05, 0.1) is 26.4 Å². The highest BCUT2D eigenvalue weighted by molar-refractivity contribution is 5.83.